The van der Waals surface area contributed by atoms with Crippen molar-refractivity contribution in [3.63, 3.8) is 0 Å². The van der Waals surface area contributed by atoms with Crippen molar-refractivity contribution in [3.8, 4) is 0 Å². The molecule has 5 nitrogen and oxygen atoms in total. The van der Waals surface area contributed by atoms with Crippen molar-refractivity contribution >= 4 is 17.3 Å². The van der Waals surface area contributed by atoms with E-state index in [0.717, 1.165) is 12.1 Å². The van der Waals surface area contributed by atoms with Gasteiger partial charge in [-0.3, -0.25) is 9.63 Å². The molecule has 0 spiro atoms. The van der Waals surface area contributed by atoms with Crippen LogP contribution >= 0.6 is 0 Å². The second-order valence-electron chi connectivity index (χ2n) is 5.52. The summed E-state index contributed by atoms with van der Waals surface area (Å²) < 4.78 is 46.7. The molecule has 1 amide bonds. The third-order valence-corrected chi connectivity index (χ3v) is 3.48. The summed E-state index contributed by atoms with van der Waals surface area (Å²) in [6, 6.07) is 6.10. The summed E-state index contributed by atoms with van der Waals surface area (Å²) in [4.78, 5) is 17.2. The number of carbonyl (C=O) groups excluding carboxylic acids is 1. The van der Waals surface area contributed by atoms with Gasteiger partial charge < -0.3 is 10.1 Å². The van der Waals surface area contributed by atoms with Crippen LogP contribution in [0.3, 0.4) is 0 Å². The lowest BCUT2D eigenvalue weighted by molar-refractivity contribution is 0.0238. The molecule has 26 heavy (non-hydrogen) atoms. The molecule has 0 unspecified atom stereocenters. The first-order valence-electron chi connectivity index (χ1n) is 7.86. The van der Waals surface area contributed by atoms with Crippen LogP contribution in [0.1, 0.15) is 22.3 Å². The summed E-state index contributed by atoms with van der Waals surface area (Å²) in [7, 11) is 1.53. The van der Waals surface area contributed by atoms with Crippen LogP contribution in [0.5, 0.6) is 0 Å². The van der Waals surface area contributed by atoms with Crippen molar-refractivity contribution in [1.82, 2.24) is 5.48 Å². The average Bonchev–Trinajstić information content (AvgIpc) is 2.60. The van der Waals surface area contributed by atoms with Crippen LogP contribution in [0.15, 0.2) is 30.3 Å². The summed E-state index contributed by atoms with van der Waals surface area (Å²) in [6.07, 6.45) is 0.536. The number of aryl methyl sites for hydroxylation is 1. The van der Waals surface area contributed by atoms with E-state index in [4.69, 9.17) is 9.57 Å². The number of nitrogens with one attached hydrogen (secondary N) is 2. The molecule has 140 valence electrons. The monoisotopic (exact) mass is 368 g/mol. The van der Waals surface area contributed by atoms with Crippen LogP contribution in [0, 0.1) is 24.4 Å². The van der Waals surface area contributed by atoms with Gasteiger partial charge in [0.05, 0.1) is 23.5 Å². The average molecular weight is 368 g/mol. The Balaban J connectivity index is 2.21. The molecule has 2 rings (SSSR count). The molecule has 8 heteroatoms. The molecule has 0 aliphatic heterocycles. The molecule has 0 radical (unpaired) electrons. The standard InChI is InChI=1S/C18H19F3N2O3/c1-11-4-7-15(14(20)10-11)22-17-12(5-6-13(19)16(17)21)18(24)23-26-9-3-8-25-2/h4-7,10,22H,3,8-9H2,1-2H3,(H,23,24). The van der Waals surface area contributed by atoms with E-state index in [1.54, 1.807) is 13.0 Å². The zero-order valence-corrected chi connectivity index (χ0v) is 14.4. The lowest BCUT2D eigenvalue weighted by Crippen LogP contribution is -2.26. The van der Waals surface area contributed by atoms with Gasteiger partial charge in [0.1, 0.15) is 5.82 Å². The van der Waals surface area contributed by atoms with Crippen LogP contribution in [0.4, 0.5) is 24.5 Å². The van der Waals surface area contributed by atoms with E-state index in [2.05, 4.69) is 10.8 Å². The second-order valence-corrected chi connectivity index (χ2v) is 5.52. The number of halogens is 3. The van der Waals surface area contributed by atoms with E-state index in [1.165, 1.54) is 19.2 Å². The molecule has 0 aliphatic rings. The molecular weight excluding hydrogens is 349 g/mol. The molecule has 0 saturated carbocycles. The number of carbonyl (C=O) groups is 1. The molecule has 2 N–H and O–H groups in total. The molecule has 0 atom stereocenters. The van der Waals surface area contributed by atoms with Gasteiger partial charge >= 0.3 is 0 Å². The minimum atomic E-state index is -1.29. The van der Waals surface area contributed by atoms with Gasteiger partial charge in [-0.15, -0.1) is 0 Å². The zero-order chi connectivity index (χ0) is 19.1. The largest absolute Gasteiger partial charge is 0.385 e. The number of hydrogen-bond acceptors (Lipinski definition) is 4. The smallest absolute Gasteiger partial charge is 0.277 e. The summed E-state index contributed by atoms with van der Waals surface area (Å²) in [5.41, 5.74) is 2.00. The van der Waals surface area contributed by atoms with Crippen LogP contribution in [-0.4, -0.2) is 26.2 Å². The van der Waals surface area contributed by atoms with E-state index in [0.29, 0.717) is 18.6 Å². The fourth-order valence-electron chi connectivity index (χ4n) is 2.17. The summed E-state index contributed by atoms with van der Waals surface area (Å²) in [6.45, 7) is 2.31. The van der Waals surface area contributed by atoms with Crippen molar-refractivity contribution < 1.29 is 27.5 Å². The maximum Gasteiger partial charge on any atom is 0.277 e. The maximum absolute atomic E-state index is 14.2. The normalized spacial score (nSPS) is 10.7. The lowest BCUT2D eigenvalue weighted by Gasteiger charge is -2.14. The highest BCUT2D eigenvalue weighted by Gasteiger charge is 2.20. The second kappa shape index (κ2) is 9.21. The Morgan fingerprint density at radius 2 is 1.85 bits per heavy atom. The quantitative estimate of drug-likeness (QED) is 0.549. The number of anilines is 2. The fraction of sp³-hybridized carbons (Fsp3) is 0.278. The van der Waals surface area contributed by atoms with Gasteiger partial charge in [0.25, 0.3) is 5.91 Å². The zero-order valence-electron chi connectivity index (χ0n) is 14.4. The van der Waals surface area contributed by atoms with Crippen molar-refractivity contribution in [2.45, 2.75) is 13.3 Å². The highest BCUT2D eigenvalue weighted by Crippen LogP contribution is 2.28. The van der Waals surface area contributed by atoms with Gasteiger partial charge in [0, 0.05) is 13.7 Å². The molecular formula is C18H19F3N2O3. The van der Waals surface area contributed by atoms with Crippen LogP contribution < -0.4 is 10.8 Å². The van der Waals surface area contributed by atoms with E-state index >= 15 is 0 Å². The van der Waals surface area contributed by atoms with E-state index in [1.807, 2.05) is 0 Å². The minimum Gasteiger partial charge on any atom is -0.385 e. The lowest BCUT2D eigenvalue weighted by atomic mass is 10.1. The Kier molecular flexibility index (Phi) is 6.99. The number of methoxy groups -OCH3 is 1. The van der Waals surface area contributed by atoms with Crippen molar-refractivity contribution in [2.75, 3.05) is 25.6 Å². The third-order valence-electron chi connectivity index (χ3n) is 3.48. The molecule has 0 bridgehead atoms. The highest BCUT2D eigenvalue weighted by atomic mass is 19.2. The van der Waals surface area contributed by atoms with E-state index < -0.39 is 29.0 Å². The highest BCUT2D eigenvalue weighted by molar-refractivity contribution is 5.99. The first kappa shape index (κ1) is 19.7. The van der Waals surface area contributed by atoms with Gasteiger partial charge in [-0.25, -0.2) is 18.7 Å². The Bertz CT molecular complexity index is 785. The maximum atomic E-state index is 14.2. The van der Waals surface area contributed by atoms with Crippen LogP contribution in [0.25, 0.3) is 0 Å². The Morgan fingerprint density at radius 1 is 1.08 bits per heavy atom. The van der Waals surface area contributed by atoms with Gasteiger partial charge in [0.2, 0.25) is 0 Å². The van der Waals surface area contributed by atoms with Crippen molar-refractivity contribution in [3.05, 3.63) is 58.9 Å². The molecule has 0 aliphatic carbocycles. The first-order chi connectivity index (χ1) is 12.4. The molecule has 0 saturated heterocycles. The first-order valence-corrected chi connectivity index (χ1v) is 7.86. The minimum absolute atomic E-state index is 0.0878. The SMILES string of the molecule is COCCCONC(=O)c1ccc(F)c(F)c1Nc1ccc(C)cc1F. The third kappa shape index (κ3) is 4.96. The Morgan fingerprint density at radius 3 is 2.54 bits per heavy atom. The molecule has 0 heterocycles. The van der Waals surface area contributed by atoms with E-state index in [9.17, 15) is 18.0 Å². The molecule has 0 fully saturated rings. The van der Waals surface area contributed by atoms with E-state index in [-0.39, 0.29) is 17.9 Å². The summed E-state index contributed by atoms with van der Waals surface area (Å²) in [5.74, 6) is -3.92. The molecule has 0 aromatic heterocycles. The number of rotatable bonds is 8. The van der Waals surface area contributed by atoms with Gasteiger partial charge in [0.15, 0.2) is 11.6 Å². The topological polar surface area (TPSA) is 59.6 Å². The van der Waals surface area contributed by atoms with Gasteiger partial charge in [-0.2, -0.15) is 0 Å². The number of hydroxylamine groups is 1. The molecule has 2 aromatic rings. The van der Waals surface area contributed by atoms with Gasteiger partial charge in [-0.1, -0.05) is 6.07 Å². The number of hydrogen-bond donors (Lipinski definition) is 2. The predicted molar refractivity (Wildman–Crippen MR) is 90.7 cm³/mol. The van der Waals surface area contributed by atoms with Crippen LogP contribution in [0.2, 0.25) is 0 Å². The number of benzene rings is 2. The summed E-state index contributed by atoms with van der Waals surface area (Å²) in [5, 5.41) is 2.44. The van der Waals surface area contributed by atoms with Crippen molar-refractivity contribution in [2.24, 2.45) is 0 Å². The number of amides is 1. The number of ether oxygens (including phenoxy) is 1. The Hall–Kier alpha value is -2.58. The van der Waals surface area contributed by atoms with Gasteiger partial charge in [-0.05, 0) is 43.2 Å². The predicted octanol–water partition coefficient (Wildman–Crippen LogP) is 3.85. The molecule has 2 aromatic carbocycles. The summed E-state index contributed by atoms with van der Waals surface area (Å²) >= 11 is 0. The van der Waals surface area contributed by atoms with Crippen LogP contribution in [-0.2, 0) is 9.57 Å². The van der Waals surface area contributed by atoms with Crippen molar-refractivity contribution in [1.29, 1.82) is 0 Å². The fourth-order valence-corrected chi connectivity index (χ4v) is 2.17. The Labute approximate surface area is 149 Å².